The molecule has 2 amide bonds. The van der Waals surface area contributed by atoms with Gasteiger partial charge in [-0.1, -0.05) is 274 Å². The number of terminal acetylenes is 1. The summed E-state index contributed by atoms with van der Waals surface area (Å²) in [6.45, 7) is 22.6. The van der Waals surface area contributed by atoms with E-state index in [0.29, 0.717) is 63.5 Å². The fourth-order valence-corrected chi connectivity index (χ4v) is 17.0. The molecule has 0 bridgehead atoms. The Bertz CT molecular complexity index is 4120. The van der Waals surface area contributed by atoms with Crippen molar-refractivity contribution < 1.29 is 35.0 Å². The predicted octanol–water partition coefficient (Wildman–Crippen LogP) is 17.3. The topological polar surface area (TPSA) is 101 Å². The number of nitrogens with zero attached hydrogens (tertiary/aromatic N) is 8. The zero-order chi connectivity index (χ0) is 75.3. The number of aromatic nitrogens is 4. The predicted molar refractivity (Wildman–Crippen MR) is 455 cm³/mol. The average molecular weight is 1790 g/mol. The number of piperazine rings is 2. The molecule has 0 N–H and O–H groups in total. The van der Waals surface area contributed by atoms with E-state index in [1.807, 2.05) is 60.0 Å². The summed E-state index contributed by atoms with van der Waals surface area (Å²) in [5.41, 5.74) is 10.2. The van der Waals surface area contributed by atoms with Crippen LogP contribution >= 0.6 is 104 Å². The number of amides is 2. The largest absolute Gasteiger partial charge is 0.0622 e. The third kappa shape index (κ3) is 26.4. The van der Waals surface area contributed by atoms with Crippen molar-refractivity contribution in [2.45, 2.75) is 66.2 Å². The van der Waals surface area contributed by atoms with Crippen LogP contribution in [0.2, 0.25) is 59.4 Å². The Morgan fingerprint density at radius 2 is 0.769 bits per heavy atom. The molecular weight excluding hydrogens is 1700 g/mol. The van der Waals surface area contributed by atoms with Crippen molar-refractivity contribution in [1.29, 1.82) is 0 Å². The van der Waals surface area contributed by atoms with Crippen LogP contribution in [0.15, 0.2) is 218 Å². The van der Waals surface area contributed by atoms with Gasteiger partial charge in [0.2, 0.25) is 11.8 Å². The summed E-state index contributed by atoms with van der Waals surface area (Å²) in [5.74, 6) is 4.49. The molecule has 0 spiro atoms. The Labute approximate surface area is 669 Å². The van der Waals surface area contributed by atoms with Crippen molar-refractivity contribution in [2.75, 3.05) is 76.4 Å². The van der Waals surface area contributed by atoms with Crippen molar-refractivity contribution in [3.63, 3.8) is 0 Å². The molecule has 8 aromatic carbocycles. The maximum atomic E-state index is 12.9. The number of hydrogen-bond acceptors (Lipinski definition) is 8. The van der Waals surface area contributed by atoms with Crippen LogP contribution in [0.3, 0.4) is 0 Å². The Hall–Kier alpha value is -6.13. The molecule has 548 valence electrons. The van der Waals surface area contributed by atoms with Gasteiger partial charge in [0, 0.05) is 75.9 Å². The van der Waals surface area contributed by atoms with Crippen LogP contribution in [-0.4, -0.2) is 124 Å². The van der Waals surface area contributed by atoms with Crippen LogP contribution in [0.5, 0.6) is 11.5 Å². The molecule has 2 aromatic heterocycles. The molecule has 0 saturated carbocycles. The first-order valence-corrected chi connectivity index (χ1v) is 49.7. The minimum absolute atomic E-state index is 0.0281. The second kappa shape index (κ2) is 43.0. The fraction of sp³-hybridized carbons (Fsp3) is 0.250. The molecule has 0 atom stereocenters. The fourth-order valence-electron chi connectivity index (χ4n) is 10.6. The van der Waals surface area contributed by atoms with E-state index in [1.165, 1.54) is 31.8 Å². The van der Waals surface area contributed by atoms with Gasteiger partial charge >= 0.3 is 35.0 Å². The maximum Gasteiger partial charge on any atom is -0.0134 e. The molecule has 104 heavy (non-hydrogen) atoms. The van der Waals surface area contributed by atoms with Crippen molar-refractivity contribution in [3.8, 4) is 34.9 Å². The Morgan fingerprint density at radius 3 is 1.03 bits per heavy atom. The van der Waals surface area contributed by atoms with Crippen molar-refractivity contribution in [1.82, 2.24) is 29.4 Å². The number of hydrogen-bond donors (Lipinski definition) is 0. The molecule has 10 aromatic rings. The van der Waals surface area contributed by atoms with Crippen molar-refractivity contribution >= 4 is 175 Å². The monoisotopic (exact) mass is 1780 g/mol. The van der Waals surface area contributed by atoms with Gasteiger partial charge in [-0.15, -0.1) is 17.5 Å². The summed E-state index contributed by atoms with van der Waals surface area (Å²) in [7, 11) is 9.30. The third-order valence-electron chi connectivity index (χ3n) is 16.1. The van der Waals surface area contributed by atoms with E-state index in [0.717, 1.165) is 52.6 Å². The Morgan fingerprint density at radius 1 is 0.481 bits per heavy atom. The number of benzene rings is 8. The van der Waals surface area contributed by atoms with Gasteiger partial charge in [0.1, 0.15) is 44.4 Å². The second-order valence-corrected chi connectivity index (χ2v) is 44.7. The van der Waals surface area contributed by atoms with Gasteiger partial charge in [-0.25, -0.2) is 0 Å². The van der Waals surface area contributed by atoms with E-state index < -0.39 is 32.0 Å². The van der Waals surface area contributed by atoms with Gasteiger partial charge in [-0.2, -0.15) is 10.2 Å². The van der Waals surface area contributed by atoms with Gasteiger partial charge < -0.3 is 29.1 Å². The first-order valence-electron chi connectivity index (χ1n) is 33.4. The molecule has 2 saturated heterocycles. The number of anilines is 2. The molecule has 12 rings (SSSR count). The maximum absolute atomic E-state index is 12.9. The summed E-state index contributed by atoms with van der Waals surface area (Å²) in [6, 6.07) is 76.1. The summed E-state index contributed by atoms with van der Waals surface area (Å²) >= 11 is 26.7. The van der Waals surface area contributed by atoms with Gasteiger partial charge in [-0.05, 0) is 108 Å². The molecular formula is C80H87Cl6IN8O4P2PdSi2. The van der Waals surface area contributed by atoms with Crippen molar-refractivity contribution in [2.24, 2.45) is 0 Å². The molecule has 0 unspecified atom stereocenters. The third-order valence-corrected chi connectivity index (χ3v) is 25.4. The van der Waals surface area contributed by atoms with Gasteiger partial charge in [-0.3, -0.25) is 19.0 Å². The Kier molecular flexibility index (Phi) is 35.2. The molecule has 4 heterocycles. The summed E-state index contributed by atoms with van der Waals surface area (Å²) < 4.78 is 14.6. The molecule has 0 radical (unpaired) electrons. The summed E-state index contributed by atoms with van der Waals surface area (Å²) in [5, 5.41) is 19.5. The van der Waals surface area contributed by atoms with E-state index in [1.54, 1.807) is 23.6 Å². The minimum Gasteiger partial charge on any atom is -0.0622 e. The minimum atomic E-state index is -1.54. The smallest absolute Gasteiger partial charge is 0.0134 e. The van der Waals surface area contributed by atoms with E-state index in [9.17, 15) is 9.59 Å². The SMILES string of the molecule is C#C[Si](C)(C)C.COc1cc(N2CCN(C(=O)Cn3nc(C#C[Si](C)(C)C)c(Cl)c3C)CC2)ccc1Cl.COc1cc(N2CCN(C(=O)Cn3nc(I)c(Cl)c3C)CC2)ccc1Cl.[Cl][Pd][Cl].c1ccc(P(c2ccccc2)c2ccccc2)cc1.c1ccc(P(c2ccccc2)c2ccccc2)cc1. The number of methoxy groups -OCH3 is 2. The average Bonchev–Trinajstić information content (AvgIpc) is 1.40. The molecule has 2 aliphatic rings. The van der Waals surface area contributed by atoms with E-state index in [4.69, 9.17) is 81.4 Å². The molecule has 0 aliphatic carbocycles. The Balaban J connectivity index is 0.000000189. The van der Waals surface area contributed by atoms with Crippen molar-refractivity contribution in [3.05, 3.63) is 259 Å². The van der Waals surface area contributed by atoms with E-state index in [-0.39, 0.29) is 40.8 Å². The van der Waals surface area contributed by atoms with Gasteiger partial charge in [0.05, 0.1) is 45.7 Å². The van der Waals surface area contributed by atoms with Crippen LogP contribution in [0, 0.1) is 41.0 Å². The number of carbonyl (C=O) groups is 2. The van der Waals surface area contributed by atoms with Crippen LogP contribution in [0.4, 0.5) is 11.4 Å². The molecule has 2 fully saturated rings. The number of ether oxygens (including phenoxy) is 2. The van der Waals surface area contributed by atoms with E-state index in [2.05, 4.69) is 281 Å². The zero-order valence-corrected chi connectivity index (χ0v) is 72.0. The molecule has 24 heteroatoms. The van der Waals surface area contributed by atoms with E-state index >= 15 is 0 Å². The standard InChI is InChI=1S/C22H28Cl2N4O2Si.2C18H15P.C17H19Cl2IN4O2.C5H10Si.2ClH.Pd/c1-16-22(24)19(8-13-31(3,4)5)25-28(16)15-21(29)27-11-9-26(10-12-27)17-6-7-18(23)20(14-17)30-2;2*1-4-10-16(11-5-1)19(17-12-6-2-7-13-17)18-14-8-3-9-15-18;1-11-16(19)17(20)21-24(11)10-15(25)23-7-5-22(6-8-23)12-3-4-13(18)14(9-12)26-2;1-5-6(2,3)4;;;/h6-7,14H,9-12,15H2,1-5H3;2*1-15H;3-4,9H,5-8,10H2,1-2H3;1H,2-4H3;2*1H;/q;;;;;;;+2/p-2. The first kappa shape index (κ1) is 85.1. The van der Waals surface area contributed by atoms with Crippen LogP contribution in [0.25, 0.3) is 0 Å². The number of carbonyl (C=O) groups excluding carboxylic acids is 2. The zero-order valence-electron chi connectivity index (χ0n) is 60.0. The number of halogens is 7. The molecule has 12 nitrogen and oxygen atoms in total. The second-order valence-electron chi connectivity index (χ2n) is 25.8. The van der Waals surface area contributed by atoms with Crippen LogP contribution in [0.1, 0.15) is 17.1 Å². The number of rotatable bonds is 14. The van der Waals surface area contributed by atoms with Gasteiger partial charge in [0.15, 0.2) is 5.69 Å². The summed E-state index contributed by atoms with van der Waals surface area (Å²) in [6.07, 6.45) is 5.12. The van der Waals surface area contributed by atoms with Crippen LogP contribution < -0.4 is 51.1 Å². The normalized spacial score (nSPS) is 12.6. The van der Waals surface area contributed by atoms with Gasteiger partial charge in [0.25, 0.3) is 0 Å². The summed E-state index contributed by atoms with van der Waals surface area (Å²) in [4.78, 5) is 33.7. The molecule has 2 aliphatic heterocycles. The quantitative estimate of drug-likeness (QED) is 0.0459. The first-order chi connectivity index (χ1) is 49.9. The van der Waals surface area contributed by atoms with Crippen LogP contribution in [-0.2, 0) is 38.6 Å².